The van der Waals surface area contributed by atoms with Gasteiger partial charge in [0.25, 0.3) is 5.91 Å². The summed E-state index contributed by atoms with van der Waals surface area (Å²) in [5, 5.41) is 20.8. The number of halogens is 2. The number of anilines is 1. The van der Waals surface area contributed by atoms with Crippen molar-refractivity contribution in [2.45, 2.75) is 19.3 Å². The molecule has 2 aromatic carbocycles. The van der Waals surface area contributed by atoms with Gasteiger partial charge in [0.15, 0.2) is 5.65 Å². The van der Waals surface area contributed by atoms with Crippen LogP contribution in [-0.4, -0.2) is 79.3 Å². The number of aromatic nitrogens is 5. The topological polar surface area (TPSA) is 128 Å². The maximum Gasteiger partial charge on any atom is 0.387 e. The van der Waals surface area contributed by atoms with Gasteiger partial charge in [-0.2, -0.15) is 19.0 Å². The molecule has 14 heteroatoms. The van der Waals surface area contributed by atoms with Gasteiger partial charge in [0.1, 0.15) is 28.5 Å². The summed E-state index contributed by atoms with van der Waals surface area (Å²) in [5.74, 6) is 0.246. The molecule has 228 valence electrons. The average Bonchev–Trinajstić information content (AvgIpc) is 3.61. The molecular formula is C30H29F2N7O5. The van der Waals surface area contributed by atoms with Crippen LogP contribution >= 0.6 is 0 Å². The van der Waals surface area contributed by atoms with Crippen molar-refractivity contribution in [2.75, 3.05) is 31.6 Å². The van der Waals surface area contributed by atoms with Crippen LogP contribution in [0, 0.1) is 0 Å². The minimum absolute atomic E-state index is 0.0349. The van der Waals surface area contributed by atoms with E-state index in [0.29, 0.717) is 36.8 Å². The lowest BCUT2D eigenvalue weighted by Gasteiger charge is -2.32. The largest absolute Gasteiger partial charge is 0.457 e. The quantitative estimate of drug-likeness (QED) is 0.243. The maximum absolute atomic E-state index is 13.4. The van der Waals surface area contributed by atoms with Crippen LogP contribution in [0.5, 0.6) is 17.2 Å². The van der Waals surface area contributed by atoms with Gasteiger partial charge < -0.3 is 24.6 Å². The van der Waals surface area contributed by atoms with Crippen molar-refractivity contribution < 1.29 is 32.9 Å². The molecule has 12 nitrogen and oxygen atoms in total. The predicted octanol–water partition coefficient (Wildman–Crippen LogP) is 3.97. The van der Waals surface area contributed by atoms with Crippen molar-refractivity contribution in [3.63, 3.8) is 0 Å². The number of aliphatic hydroxyl groups excluding tert-OH is 1. The number of aryl methyl sites for hydroxylation is 1. The molecule has 0 radical (unpaired) electrons. The van der Waals surface area contributed by atoms with E-state index < -0.39 is 12.5 Å². The fourth-order valence-electron chi connectivity index (χ4n) is 5.05. The third-order valence-corrected chi connectivity index (χ3v) is 6.99. The van der Waals surface area contributed by atoms with E-state index >= 15 is 0 Å². The highest BCUT2D eigenvalue weighted by Gasteiger charge is 2.23. The molecule has 0 spiro atoms. The van der Waals surface area contributed by atoms with Crippen LogP contribution in [0.4, 0.5) is 14.5 Å². The second-order valence-corrected chi connectivity index (χ2v) is 10.2. The van der Waals surface area contributed by atoms with E-state index in [1.165, 1.54) is 33.6 Å². The second kappa shape index (κ2) is 12.8. The van der Waals surface area contributed by atoms with Crippen LogP contribution in [-0.2, 0) is 18.3 Å². The van der Waals surface area contributed by atoms with Crippen molar-refractivity contribution in [1.29, 1.82) is 0 Å². The number of hydrogen-bond acceptors (Lipinski definition) is 9. The normalized spacial score (nSPS) is 15.5. The molecule has 1 saturated heterocycles. The molecule has 0 unspecified atom stereocenters. The average molecular weight is 606 g/mol. The van der Waals surface area contributed by atoms with Gasteiger partial charge >= 0.3 is 6.61 Å². The molecular weight excluding hydrogens is 576 g/mol. The number of carbonyl (C=O) groups excluding carboxylic acids is 1. The zero-order valence-electron chi connectivity index (χ0n) is 23.6. The van der Waals surface area contributed by atoms with Gasteiger partial charge in [-0.15, -0.1) is 0 Å². The summed E-state index contributed by atoms with van der Waals surface area (Å²) in [6, 6.07) is 13.6. The molecule has 3 aromatic heterocycles. The molecule has 5 aromatic rings. The fourth-order valence-corrected chi connectivity index (χ4v) is 5.05. The first-order valence-corrected chi connectivity index (χ1v) is 13.8. The summed E-state index contributed by atoms with van der Waals surface area (Å²) < 4.78 is 46.2. The van der Waals surface area contributed by atoms with Crippen molar-refractivity contribution in [1.82, 2.24) is 29.3 Å². The van der Waals surface area contributed by atoms with E-state index in [1.807, 2.05) is 18.2 Å². The number of carbonyl (C=O) groups is 1. The summed E-state index contributed by atoms with van der Waals surface area (Å²) in [4.78, 5) is 19.6. The Balaban J connectivity index is 1.27. The van der Waals surface area contributed by atoms with Gasteiger partial charge in [-0.05, 0) is 42.0 Å². The first-order valence-electron chi connectivity index (χ1n) is 13.8. The fraction of sp³-hybridized carbons (Fsp3) is 0.267. The molecule has 4 heterocycles. The summed E-state index contributed by atoms with van der Waals surface area (Å²) in [6.45, 7) is -0.575. The van der Waals surface area contributed by atoms with Gasteiger partial charge in [0.05, 0.1) is 36.8 Å². The molecule has 44 heavy (non-hydrogen) atoms. The van der Waals surface area contributed by atoms with Gasteiger partial charge in [0.2, 0.25) is 0 Å². The SMILES string of the molecule is Cn1cc(NC(=O)c2cnn3cccnc23)c(-c2cc(Oc3cccc(CN4CCO[C@H](CO)C4)c3)ccc2OC(F)F)n1. The van der Waals surface area contributed by atoms with Crippen molar-refractivity contribution in [2.24, 2.45) is 7.05 Å². The highest BCUT2D eigenvalue weighted by atomic mass is 19.3. The Morgan fingerprint density at radius 3 is 2.91 bits per heavy atom. The molecule has 1 atom stereocenters. The van der Waals surface area contributed by atoms with E-state index in [2.05, 4.69) is 25.4 Å². The molecule has 0 aliphatic carbocycles. The zero-order valence-corrected chi connectivity index (χ0v) is 23.6. The molecule has 1 amide bonds. The molecule has 1 fully saturated rings. The molecule has 1 aliphatic heterocycles. The van der Waals surface area contributed by atoms with Crippen LogP contribution in [0.3, 0.4) is 0 Å². The highest BCUT2D eigenvalue weighted by molar-refractivity contribution is 6.09. The van der Waals surface area contributed by atoms with Gasteiger partial charge in [0, 0.05) is 45.3 Å². The zero-order chi connectivity index (χ0) is 30.6. The second-order valence-electron chi connectivity index (χ2n) is 10.2. The monoisotopic (exact) mass is 605 g/mol. The van der Waals surface area contributed by atoms with Crippen LogP contribution in [0.15, 0.2) is 73.3 Å². The Morgan fingerprint density at radius 2 is 2.07 bits per heavy atom. The summed E-state index contributed by atoms with van der Waals surface area (Å²) >= 11 is 0. The number of ether oxygens (including phenoxy) is 3. The van der Waals surface area contributed by atoms with Crippen molar-refractivity contribution >= 4 is 17.2 Å². The molecule has 6 rings (SSSR count). The number of hydrogen-bond donors (Lipinski definition) is 2. The number of benzene rings is 2. The lowest BCUT2D eigenvalue weighted by molar-refractivity contribution is -0.0551. The number of nitrogens with zero attached hydrogens (tertiary/aromatic N) is 6. The van der Waals surface area contributed by atoms with E-state index in [4.69, 9.17) is 14.2 Å². The number of fused-ring (bicyclic) bond motifs is 1. The van der Waals surface area contributed by atoms with E-state index in [9.17, 15) is 18.7 Å². The minimum atomic E-state index is -3.09. The number of aliphatic hydroxyl groups is 1. The van der Waals surface area contributed by atoms with Crippen molar-refractivity contribution in [3.05, 3.63) is 84.4 Å². The standard InChI is InChI=1S/C30H29F2N7O5/c1-37-17-25(35-29(41)24-14-34-39-9-3-8-33-28(24)39)27(36-37)23-13-21(6-7-26(23)44-30(31)32)43-20-5-2-4-19(12-20)15-38-10-11-42-22(16-38)18-40/h2-9,12-14,17,22,30,40H,10-11,15-16,18H2,1H3,(H,35,41)/t22-/m0/s1. The number of rotatable bonds is 10. The third kappa shape index (κ3) is 6.51. The Labute approximate surface area is 250 Å². The molecule has 1 aliphatic rings. The van der Waals surface area contributed by atoms with Crippen LogP contribution in [0.1, 0.15) is 15.9 Å². The van der Waals surface area contributed by atoms with Crippen LogP contribution in [0.25, 0.3) is 16.9 Å². The smallest absolute Gasteiger partial charge is 0.387 e. The van der Waals surface area contributed by atoms with E-state index in [0.717, 1.165) is 12.1 Å². The van der Waals surface area contributed by atoms with Crippen LogP contribution < -0.4 is 14.8 Å². The van der Waals surface area contributed by atoms with Crippen LogP contribution in [0.2, 0.25) is 0 Å². The predicted molar refractivity (Wildman–Crippen MR) is 155 cm³/mol. The van der Waals surface area contributed by atoms with Gasteiger partial charge in [-0.25, -0.2) is 9.50 Å². The number of morpholine rings is 1. The molecule has 0 saturated carbocycles. The number of alkyl halides is 2. The highest BCUT2D eigenvalue weighted by Crippen LogP contribution is 2.39. The van der Waals surface area contributed by atoms with Gasteiger partial charge in [-0.3, -0.25) is 14.4 Å². The minimum Gasteiger partial charge on any atom is -0.457 e. The number of nitrogens with one attached hydrogen (secondary N) is 1. The molecule has 2 N–H and O–H groups in total. The summed E-state index contributed by atoms with van der Waals surface area (Å²) in [7, 11) is 1.65. The Hall–Kier alpha value is -4.92. The summed E-state index contributed by atoms with van der Waals surface area (Å²) in [6.07, 6.45) is 5.95. The van der Waals surface area contributed by atoms with Gasteiger partial charge in [-0.1, -0.05) is 12.1 Å². The maximum atomic E-state index is 13.4. The summed E-state index contributed by atoms with van der Waals surface area (Å²) in [5.41, 5.74) is 2.23. The first-order chi connectivity index (χ1) is 21.4. The lowest BCUT2D eigenvalue weighted by Crippen LogP contribution is -2.43. The van der Waals surface area contributed by atoms with Crippen molar-refractivity contribution in [3.8, 4) is 28.5 Å². The molecule has 0 bridgehead atoms. The Bertz CT molecular complexity index is 1780. The third-order valence-electron chi connectivity index (χ3n) is 6.99. The lowest BCUT2D eigenvalue weighted by atomic mass is 10.1. The Morgan fingerprint density at radius 1 is 1.20 bits per heavy atom. The van der Waals surface area contributed by atoms with E-state index in [-0.39, 0.29) is 41.0 Å². The first kappa shape index (κ1) is 29.2. The van der Waals surface area contributed by atoms with E-state index in [1.54, 1.807) is 37.8 Å². The number of amides is 1. The Kier molecular flexibility index (Phi) is 8.45.